The molecule has 1 amide bonds. The van der Waals surface area contributed by atoms with Gasteiger partial charge in [0.2, 0.25) is 5.60 Å². The summed E-state index contributed by atoms with van der Waals surface area (Å²) in [5.41, 5.74) is -0.156. The van der Waals surface area contributed by atoms with Crippen LogP contribution in [0.25, 0.3) is 0 Å². The number of hydrogen-bond acceptors (Lipinski definition) is 6. The molecule has 2 aliphatic heterocycles. The van der Waals surface area contributed by atoms with E-state index >= 15 is 0 Å². The summed E-state index contributed by atoms with van der Waals surface area (Å²) in [7, 11) is 1.29. The monoisotopic (exact) mass is 412 g/mol. The van der Waals surface area contributed by atoms with Crippen LogP contribution in [-0.4, -0.2) is 49.1 Å². The maximum Gasteiger partial charge on any atom is 0.335 e. The zero-order valence-corrected chi connectivity index (χ0v) is 16.0. The average Bonchev–Trinajstić information content (AvgIpc) is 3.28. The second kappa shape index (κ2) is 7.88. The van der Waals surface area contributed by atoms with Gasteiger partial charge in [-0.25, -0.2) is 4.79 Å². The number of halogens is 2. The van der Waals surface area contributed by atoms with Crippen molar-refractivity contribution >= 4 is 40.8 Å². The van der Waals surface area contributed by atoms with Crippen molar-refractivity contribution in [3.8, 4) is 0 Å². The number of nitrogens with zero attached hydrogens (tertiary/aromatic N) is 1. The highest BCUT2D eigenvalue weighted by Gasteiger charge is 2.46. The number of benzene rings is 1. The van der Waals surface area contributed by atoms with Gasteiger partial charge in [0.25, 0.3) is 5.91 Å². The van der Waals surface area contributed by atoms with Crippen molar-refractivity contribution in [3.63, 3.8) is 0 Å². The maximum atomic E-state index is 12.8. The molecule has 2 heterocycles. The summed E-state index contributed by atoms with van der Waals surface area (Å²) >= 11 is 12.1. The molecule has 3 atom stereocenters. The van der Waals surface area contributed by atoms with Gasteiger partial charge in [-0.1, -0.05) is 34.9 Å². The first kappa shape index (κ1) is 19.7. The number of amides is 1. The number of carbonyl (C=O) groups excluding carboxylic acids is 2. The molecule has 3 rings (SSSR count). The molecular formula is C18H18Cl2N2O5. The number of rotatable bonds is 5. The molecule has 7 nitrogen and oxygen atoms in total. The lowest BCUT2D eigenvalue weighted by atomic mass is 9.93. The van der Waals surface area contributed by atoms with Gasteiger partial charge in [-0.05, 0) is 24.3 Å². The molecule has 0 aliphatic carbocycles. The zero-order chi connectivity index (χ0) is 19.6. The SMILES string of the molecule is C=CC1(C(=O)NC2COC(C(=O)OC)C2)CC(c2cc(Cl)cc(Cl)c2)=NO1. The third-order valence-corrected chi connectivity index (χ3v) is 4.89. The molecule has 27 heavy (non-hydrogen) atoms. The lowest BCUT2D eigenvalue weighted by Crippen LogP contribution is -2.49. The lowest BCUT2D eigenvalue weighted by Gasteiger charge is -2.23. The minimum atomic E-state index is -1.35. The summed E-state index contributed by atoms with van der Waals surface area (Å²) in [5.74, 6) is -0.880. The minimum absolute atomic E-state index is 0.174. The number of hydrogen-bond donors (Lipinski definition) is 1. The fraction of sp³-hybridized carbons (Fsp3) is 0.389. The molecule has 1 aromatic carbocycles. The van der Waals surface area contributed by atoms with Gasteiger partial charge >= 0.3 is 5.97 Å². The van der Waals surface area contributed by atoms with Gasteiger partial charge in [0.05, 0.1) is 25.5 Å². The molecule has 0 radical (unpaired) electrons. The van der Waals surface area contributed by atoms with E-state index in [-0.39, 0.29) is 19.1 Å². The fourth-order valence-electron chi connectivity index (χ4n) is 2.98. The topological polar surface area (TPSA) is 86.2 Å². The summed E-state index contributed by atoms with van der Waals surface area (Å²) in [5, 5.41) is 7.76. The van der Waals surface area contributed by atoms with Crippen LogP contribution in [0.1, 0.15) is 18.4 Å². The van der Waals surface area contributed by atoms with Crippen molar-refractivity contribution in [2.75, 3.05) is 13.7 Å². The minimum Gasteiger partial charge on any atom is -0.467 e. The molecule has 3 unspecified atom stereocenters. The van der Waals surface area contributed by atoms with Crippen LogP contribution < -0.4 is 5.32 Å². The number of nitrogens with one attached hydrogen (secondary N) is 1. The fourth-order valence-corrected chi connectivity index (χ4v) is 3.51. The standard InChI is InChI=1S/C18H18Cl2N2O5/c1-3-18(17(24)21-13-7-15(26-9-13)16(23)25-2)8-14(22-27-18)10-4-11(19)6-12(20)5-10/h3-6,13,15H,1,7-9H2,2H3,(H,21,24). The molecule has 1 fully saturated rings. The van der Waals surface area contributed by atoms with Crippen molar-refractivity contribution in [1.29, 1.82) is 0 Å². The number of oxime groups is 1. The van der Waals surface area contributed by atoms with E-state index in [1.807, 2.05) is 0 Å². The Morgan fingerprint density at radius 3 is 2.70 bits per heavy atom. The van der Waals surface area contributed by atoms with Crippen molar-refractivity contribution in [2.45, 2.75) is 30.6 Å². The van der Waals surface area contributed by atoms with E-state index in [1.54, 1.807) is 18.2 Å². The molecule has 9 heteroatoms. The summed E-state index contributed by atoms with van der Waals surface area (Å²) in [6.07, 6.45) is 1.21. The molecule has 0 spiro atoms. The van der Waals surface area contributed by atoms with Gasteiger partial charge in [-0.15, -0.1) is 0 Å². The number of carbonyl (C=O) groups is 2. The van der Waals surface area contributed by atoms with Gasteiger partial charge in [0.15, 0.2) is 6.10 Å². The van der Waals surface area contributed by atoms with Crippen LogP contribution in [0.15, 0.2) is 36.0 Å². The molecule has 0 aromatic heterocycles. The van der Waals surface area contributed by atoms with Crippen LogP contribution in [0.4, 0.5) is 0 Å². The highest BCUT2D eigenvalue weighted by Crippen LogP contribution is 2.31. The van der Waals surface area contributed by atoms with Crippen LogP contribution in [0.3, 0.4) is 0 Å². The number of ether oxygens (including phenoxy) is 2. The zero-order valence-electron chi connectivity index (χ0n) is 14.5. The molecule has 1 aromatic rings. The Morgan fingerprint density at radius 1 is 1.37 bits per heavy atom. The quantitative estimate of drug-likeness (QED) is 0.592. The predicted octanol–water partition coefficient (Wildman–Crippen LogP) is 2.49. The summed E-state index contributed by atoms with van der Waals surface area (Å²) in [4.78, 5) is 29.8. The molecule has 2 aliphatic rings. The van der Waals surface area contributed by atoms with E-state index in [0.29, 0.717) is 27.7 Å². The predicted molar refractivity (Wildman–Crippen MR) is 99.9 cm³/mol. The normalized spacial score (nSPS) is 26.9. The van der Waals surface area contributed by atoms with Gasteiger partial charge in [-0.3, -0.25) is 4.79 Å². The molecule has 0 saturated carbocycles. The first-order chi connectivity index (χ1) is 12.9. The van der Waals surface area contributed by atoms with Gasteiger partial charge in [0, 0.05) is 28.5 Å². The number of esters is 1. The lowest BCUT2D eigenvalue weighted by molar-refractivity contribution is -0.151. The van der Waals surface area contributed by atoms with Crippen molar-refractivity contribution in [3.05, 3.63) is 46.5 Å². The highest BCUT2D eigenvalue weighted by molar-refractivity contribution is 6.35. The Kier molecular flexibility index (Phi) is 5.74. The maximum absolute atomic E-state index is 12.8. The second-order valence-electron chi connectivity index (χ2n) is 6.31. The molecule has 0 bridgehead atoms. The van der Waals surface area contributed by atoms with Crippen LogP contribution in [0.2, 0.25) is 10.0 Å². The van der Waals surface area contributed by atoms with E-state index in [9.17, 15) is 9.59 Å². The van der Waals surface area contributed by atoms with Crippen molar-refractivity contribution in [1.82, 2.24) is 5.32 Å². The van der Waals surface area contributed by atoms with E-state index < -0.39 is 23.6 Å². The Morgan fingerprint density at radius 2 is 2.07 bits per heavy atom. The third-order valence-electron chi connectivity index (χ3n) is 4.46. The summed E-state index contributed by atoms with van der Waals surface area (Å²) in [6, 6.07) is 4.65. The first-order valence-corrected chi connectivity index (χ1v) is 8.98. The average molecular weight is 413 g/mol. The van der Waals surface area contributed by atoms with Crippen LogP contribution in [0.5, 0.6) is 0 Å². The smallest absolute Gasteiger partial charge is 0.335 e. The Bertz CT molecular complexity index is 793. The van der Waals surface area contributed by atoms with E-state index in [2.05, 4.69) is 21.8 Å². The van der Waals surface area contributed by atoms with Gasteiger partial charge < -0.3 is 19.6 Å². The second-order valence-corrected chi connectivity index (χ2v) is 7.18. The van der Waals surface area contributed by atoms with E-state index in [1.165, 1.54) is 13.2 Å². The van der Waals surface area contributed by atoms with E-state index in [4.69, 9.17) is 32.8 Å². The van der Waals surface area contributed by atoms with Gasteiger partial charge in [-0.2, -0.15) is 0 Å². The van der Waals surface area contributed by atoms with Crippen LogP contribution in [0, 0.1) is 0 Å². The Hall–Kier alpha value is -2.09. The third kappa shape index (κ3) is 4.10. The highest BCUT2D eigenvalue weighted by atomic mass is 35.5. The molecule has 1 N–H and O–H groups in total. The molecule has 144 valence electrons. The Balaban J connectivity index is 1.67. The van der Waals surface area contributed by atoms with Crippen molar-refractivity contribution < 1.29 is 23.9 Å². The molecular weight excluding hydrogens is 395 g/mol. The first-order valence-electron chi connectivity index (χ1n) is 8.22. The molecule has 1 saturated heterocycles. The largest absolute Gasteiger partial charge is 0.467 e. The number of methoxy groups -OCH3 is 1. The van der Waals surface area contributed by atoms with Crippen LogP contribution in [-0.2, 0) is 23.9 Å². The van der Waals surface area contributed by atoms with Crippen molar-refractivity contribution in [2.24, 2.45) is 5.16 Å². The Labute approximate surface area is 166 Å². The van der Waals surface area contributed by atoms with Gasteiger partial charge in [0.1, 0.15) is 0 Å². The summed E-state index contributed by atoms with van der Waals surface area (Å²) < 4.78 is 10.0. The van der Waals surface area contributed by atoms with Crippen LogP contribution >= 0.6 is 23.2 Å². The summed E-state index contributed by atoms with van der Waals surface area (Å²) in [6.45, 7) is 3.92. The van der Waals surface area contributed by atoms with E-state index in [0.717, 1.165) is 0 Å².